The van der Waals surface area contributed by atoms with E-state index in [1.54, 1.807) is 31.3 Å². The highest BCUT2D eigenvalue weighted by atomic mass is 35.5. The van der Waals surface area contributed by atoms with Gasteiger partial charge < -0.3 is 5.32 Å². The van der Waals surface area contributed by atoms with Crippen molar-refractivity contribution in [2.45, 2.75) is 12.7 Å². The second kappa shape index (κ2) is 5.48. The largest absolute Gasteiger partial charge is 0.434 e. The van der Waals surface area contributed by atoms with Gasteiger partial charge in [-0.15, -0.1) is 11.3 Å². The van der Waals surface area contributed by atoms with Gasteiger partial charge in [-0.3, -0.25) is 0 Å². The number of benzene rings is 1. The molecule has 0 bridgehead atoms. The number of alkyl halides is 3. The van der Waals surface area contributed by atoms with Gasteiger partial charge in [-0.05, 0) is 19.2 Å². The summed E-state index contributed by atoms with van der Waals surface area (Å²) in [6.45, 7) is 0.139. The third-order valence-corrected chi connectivity index (χ3v) is 3.75. The van der Waals surface area contributed by atoms with Crippen LogP contribution in [0.1, 0.15) is 10.6 Å². The van der Waals surface area contributed by atoms with E-state index in [9.17, 15) is 13.2 Å². The van der Waals surface area contributed by atoms with Crippen molar-refractivity contribution < 1.29 is 13.2 Å². The summed E-state index contributed by atoms with van der Waals surface area (Å²) in [4.78, 5) is 3.89. The summed E-state index contributed by atoms with van der Waals surface area (Å²) in [5.41, 5.74) is -0.195. The molecule has 0 unspecified atom stereocenters. The number of nitrogens with zero attached hydrogens (tertiary/aromatic N) is 1. The van der Waals surface area contributed by atoms with E-state index in [4.69, 9.17) is 11.6 Å². The fourth-order valence-electron chi connectivity index (χ4n) is 1.57. The van der Waals surface area contributed by atoms with Gasteiger partial charge in [-0.25, -0.2) is 4.98 Å². The number of nitrogens with one attached hydrogen (secondary N) is 1. The van der Waals surface area contributed by atoms with Crippen LogP contribution in [0.3, 0.4) is 0 Å². The van der Waals surface area contributed by atoms with Gasteiger partial charge in [0.2, 0.25) is 0 Å². The zero-order chi connectivity index (χ0) is 14.0. The van der Waals surface area contributed by atoms with Crippen LogP contribution in [0, 0.1) is 0 Å². The number of hydrogen-bond donors (Lipinski definition) is 1. The van der Waals surface area contributed by atoms with Gasteiger partial charge in [0.05, 0.1) is 4.88 Å². The summed E-state index contributed by atoms with van der Waals surface area (Å²) in [5, 5.41) is 3.60. The quantitative estimate of drug-likeness (QED) is 0.919. The fourth-order valence-corrected chi connectivity index (χ4v) is 2.79. The van der Waals surface area contributed by atoms with Crippen LogP contribution >= 0.6 is 22.9 Å². The molecule has 0 saturated heterocycles. The SMILES string of the molecule is CNCc1sc(-c2ccc(Cl)cc2)nc1C(F)(F)F. The monoisotopic (exact) mass is 306 g/mol. The molecule has 1 aromatic heterocycles. The molecule has 0 saturated carbocycles. The number of hydrogen-bond acceptors (Lipinski definition) is 3. The lowest BCUT2D eigenvalue weighted by atomic mass is 10.2. The van der Waals surface area contributed by atoms with E-state index in [1.807, 2.05) is 0 Å². The molecule has 1 aromatic carbocycles. The van der Waals surface area contributed by atoms with Crippen molar-refractivity contribution in [1.82, 2.24) is 10.3 Å². The predicted octanol–water partition coefficient (Wildman–Crippen LogP) is 4.20. The molecular weight excluding hydrogens is 297 g/mol. The van der Waals surface area contributed by atoms with Gasteiger partial charge >= 0.3 is 6.18 Å². The van der Waals surface area contributed by atoms with Crippen LogP contribution in [0.2, 0.25) is 5.02 Å². The Kier molecular flexibility index (Phi) is 4.13. The molecule has 0 fully saturated rings. The molecule has 0 aliphatic rings. The highest BCUT2D eigenvalue weighted by Gasteiger charge is 2.37. The summed E-state index contributed by atoms with van der Waals surface area (Å²) in [6, 6.07) is 6.57. The van der Waals surface area contributed by atoms with Crippen LogP contribution in [0.4, 0.5) is 13.2 Å². The second-order valence-corrected chi connectivity index (χ2v) is 5.35. The first-order valence-corrected chi connectivity index (χ1v) is 6.58. The summed E-state index contributed by atoms with van der Waals surface area (Å²) in [6.07, 6.45) is -4.44. The Labute approximate surface area is 117 Å². The summed E-state index contributed by atoms with van der Waals surface area (Å²) < 4.78 is 38.6. The Hall–Kier alpha value is -1.11. The Morgan fingerprint density at radius 2 is 1.89 bits per heavy atom. The second-order valence-electron chi connectivity index (χ2n) is 3.83. The average molecular weight is 307 g/mol. The molecule has 0 aliphatic heterocycles. The summed E-state index contributed by atoms with van der Waals surface area (Å²) in [7, 11) is 1.60. The van der Waals surface area contributed by atoms with Crippen LogP contribution in [0.15, 0.2) is 24.3 Å². The number of aromatic nitrogens is 1. The lowest BCUT2D eigenvalue weighted by molar-refractivity contribution is -0.141. The number of rotatable bonds is 3. The highest BCUT2D eigenvalue weighted by molar-refractivity contribution is 7.15. The zero-order valence-corrected chi connectivity index (χ0v) is 11.5. The normalized spacial score (nSPS) is 11.8. The first-order valence-electron chi connectivity index (χ1n) is 5.39. The first kappa shape index (κ1) is 14.3. The molecule has 2 nitrogen and oxygen atoms in total. The Morgan fingerprint density at radius 3 is 2.42 bits per heavy atom. The van der Waals surface area contributed by atoms with Gasteiger partial charge in [-0.1, -0.05) is 23.7 Å². The number of thiazole rings is 1. The fraction of sp³-hybridized carbons (Fsp3) is 0.250. The third kappa shape index (κ3) is 3.26. The Morgan fingerprint density at radius 1 is 1.26 bits per heavy atom. The van der Waals surface area contributed by atoms with E-state index in [0.29, 0.717) is 15.6 Å². The van der Waals surface area contributed by atoms with Crippen molar-refractivity contribution in [2.75, 3.05) is 7.05 Å². The van der Waals surface area contributed by atoms with Crippen molar-refractivity contribution in [3.63, 3.8) is 0 Å². The molecule has 0 amide bonds. The van der Waals surface area contributed by atoms with E-state index in [2.05, 4.69) is 10.3 Å². The van der Waals surface area contributed by atoms with Crippen molar-refractivity contribution >= 4 is 22.9 Å². The molecule has 2 aromatic rings. The minimum Gasteiger partial charge on any atom is -0.315 e. The molecule has 1 heterocycles. The Bertz CT molecular complexity index is 563. The highest BCUT2D eigenvalue weighted by Crippen LogP contribution is 2.37. The van der Waals surface area contributed by atoms with Crippen molar-refractivity contribution in [3.05, 3.63) is 39.9 Å². The molecule has 2 rings (SSSR count). The minimum atomic E-state index is -4.44. The van der Waals surface area contributed by atoms with E-state index >= 15 is 0 Å². The van der Waals surface area contributed by atoms with Crippen LogP contribution in [0.25, 0.3) is 10.6 Å². The van der Waals surface area contributed by atoms with E-state index in [0.717, 1.165) is 11.3 Å². The van der Waals surface area contributed by atoms with Crippen LogP contribution in [0.5, 0.6) is 0 Å². The standard InChI is InChI=1S/C12H10ClF3N2S/c1-17-6-9-10(12(14,15)16)18-11(19-9)7-2-4-8(13)5-3-7/h2-5,17H,6H2,1H3. The van der Waals surface area contributed by atoms with Crippen LogP contribution in [-0.4, -0.2) is 12.0 Å². The molecular formula is C12H10ClF3N2S. The predicted molar refractivity (Wildman–Crippen MR) is 70.3 cm³/mol. The number of halogens is 4. The molecule has 102 valence electrons. The van der Waals surface area contributed by atoms with E-state index < -0.39 is 11.9 Å². The van der Waals surface area contributed by atoms with Gasteiger partial charge in [0.15, 0.2) is 5.69 Å². The molecule has 19 heavy (non-hydrogen) atoms. The van der Waals surface area contributed by atoms with Gasteiger partial charge in [0.1, 0.15) is 5.01 Å². The molecule has 0 aliphatic carbocycles. The van der Waals surface area contributed by atoms with Gasteiger partial charge in [-0.2, -0.15) is 13.2 Å². The lowest BCUT2D eigenvalue weighted by Gasteiger charge is -2.04. The molecule has 0 spiro atoms. The molecule has 7 heteroatoms. The first-order chi connectivity index (χ1) is 8.91. The van der Waals surface area contributed by atoms with Crippen LogP contribution < -0.4 is 5.32 Å². The Balaban J connectivity index is 2.45. The van der Waals surface area contributed by atoms with E-state index in [1.165, 1.54) is 0 Å². The van der Waals surface area contributed by atoms with E-state index in [-0.39, 0.29) is 11.4 Å². The smallest absolute Gasteiger partial charge is 0.315 e. The summed E-state index contributed by atoms with van der Waals surface area (Å²) >= 11 is 6.78. The topological polar surface area (TPSA) is 24.9 Å². The average Bonchev–Trinajstić information content (AvgIpc) is 2.74. The zero-order valence-electron chi connectivity index (χ0n) is 9.88. The lowest BCUT2D eigenvalue weighted by Crippen LogP contribution is -2.12. The maximum Gasteiger partial charge on any atom is 0.434 e. The molecule has 0 radical (unpaired) electrons. The van der Waals surface area contributed by atoms with Gasteiger partial charge in [0.25, 0.3) is 0 Å². The van der Waals surface area contributed by atoms with Crippen LogP contribution in [-0.2, 0) is 12.7 Å². The maximum absolute atomic E-state index is 12.9. The van der Waals surface area contributed by atoms with Gasteiger partial charge in [0, 0.05) is 17.1 Å². The van der Waals surface area contributed by atoms with Crippen molar-refractivity contribution in [3.8, 4) is 10.6 Å². The molecule has 1 N–H and O–H groups in total. The summed E-state index contributed by atoms with van der Waals surface area (Å²) in [5.74, 6) is 0. The molecule has 0 atom stereocenters. The third-order valence-electron chi connectivity index (χ3n) is 2.39. The minimum absolute atomic E-state index is 0.139. The van der Waals surface area contributed by atoms with Crippen molar-refractivity contribution in [2.24, 2.45) is 0 Å². The van der Waals surface area contributed by atoms with Crippen molar-refractivity contribution in [1.29, 1.82) is 0 Å². The maximum atomic E-state index is 12.9.